The van der Waals surface area contributed by atoms with E-state index in [9.17, 15) is 9.90 Å². The van der Waals surface area contributed by atoms with E-state index < -0.39 is 6.10 Å². The quantitative estimate of drug-likeness (QED) is 0.773. The summed E-state index contributed by atoms with van der Waals surface area (Å²) < 4.78 is 0. The number of carbonyl (C=O) groups is 1. The number of hydrogen-bond acceptors (Lipinski definition) is 5. The Kier molecular flexibility index (Phi) is 5.68. The molecule has 1 rings (SSSR count). The van der Waals surface area contributed by atoms with Crippen LogP contribution < -0.4 is 10.6 Å². The van der Waals surface area contributed by atoms with Crippen molar-refractivity contribution in [3.8, 4) is 0 Å². The molecule has 3 N–H and O–H groups in total. The molecule has 0 aliphatic carbocycles. The van der Waals surface area contributed by atoms with E-state index >= 15 is 0 Å². The highest BCUT2D eigenvalue weighted by atomic mass is 32.1. The fourth-order valence-electron chi connectivity index (χ4n) is 1.26. The predicted octanol–water partition coefficient (Wildman–Crippen LogP) is 2.02. The van der Waals surface area contributed by atoms with Crippen LogP contribution in [-0.2, 0) is 6.42 Å². The van der Waals surface area contributed by atoms with E-state index in [2.05, 4.69) is 27.8 Å². The van der Waals surface area contributed by atoms with Gasteiger partial charge in [0.05, 0.1) is 6.10 Å². The monoisotopic (exact) mass is 286 g/mol. The third kappa shape index (κ3) is 5.52. The standard InChI is InChI=1S/C12H22N4O2S/c1-5-6-9-15-16-11(19-9)14-10(18)13-7-8(17)12(2,3)4/h8,17H,5-7H2,1-4H3,(H2,13,14,16,18). The summed E-state index contributed by atoms with van der Waals surface area (Å²) in [5.74, 6) is 0. The number of aryl methyl sites for hydroxylation is 1. The van der Waals surface area contributed by atoms with Crippen molar-refractivity contribution < 1.29 is 9.90 Å². The Bertz CT molecular complexity index is 414. The van der Waals surface area contributed by atoms with Crippen LogP contribution in [0.25, 0.3) is 0 Å². The Hall–Kier alpha value is -1.21. The minimum atomic E-state index is -0.594. The molecule has 108 valence electrons. The number of urea groups is 1. The zero-order valence-electron chi connectivity index (χ0n) is 11.9. The van der Waals surface area contributed by atoms with Gasteiger partial charge >= 0.3 is 6.03 Å². The number of anilines is 1. The number of amides is 2. The SMILES string of the molecule is CCCc1nnc(NC(=O)NCC(O)C(C)(C)C)s1. The molecule has 0 aliphatic rings. The van der Waals surface area contributed by atoms with Crippen molar-refractivity contribution in [1.82, 2.24) is 15.5 Å². The van der Waals surface area contributed by atoms with E-state index in [4.69, 9.17) is 0 Å². The van der Waals surface area contributed by atoms with Crippen molar-refractivity contribution >= 4 is 22.5 Å². The van der Waals surface area contributed by atoms with Crippen molar-refractivity contribution in [2.24, 2.45) is 5.41 Å². The number of nitrogens with one attached hydrogen (secondary N) is 2. The fourth-order valence-corrected chi connectivity index (χ4v) is 2.09. The van der Waals surface area contributed by atoms with E-state index in [1.54, 1.807) is 0 Å². The lowest BCUT2D eigenvalue weighted by Gasteiger charge is -2.25. The smallest absolute Gasteiger partial charge is 0.321 e. The van der Waals surface area contributed by atoms with Crippen molar-refractivity contribution in [3.05, 3.63) is 5.01 Å². The number of rotatable bonds is 5. The Labute approximate surface area is 117 Å². The van der Waals surface area contributed by atoms with E-state index in [1.165, 1.54) is 11.3 Å². The molecule has 0 aliphatic heterocycles. The van der Waals surface area contributed by atoms with Crippen LogP contribution in [0.4, 0.5) is 9.93 Å². The van der Waals surface area contributed by atoms with Gasteiger partial charge in [-0.2, -0.15) is 0 Å². The molecule has 19 heavy (non-hydrogen) atoms. The third-order valence-corrected chi connectivity index (χ3v) is 3.51. The first-order valence-electron chi connectivity index (χ1n) is 6.38. The molecule has 0 saturated heterocycles. The lowest BCUT2D eigenvalue weighted by molar-refractivity contribution is 0.0654. The van der Waals surface area contributed by atoms with Gasteiger partial charge in [-0.25, -0.2) is 4.79 Å². The predicted molar refractivity (Wildman–Crippen MR) is 76.4 cm³/mol. The van der Waals surface area contributed by atoms with Crippen LogP contribution >= 0.6 is 11.3 Å². The van der Waals surface area contributed by atoms with Gasteiger partial charge in [0, 0.05) is 13.0 Å². The highest BCUT2D eigenvalue weighted by Crippen LogP contribution is 2.18. The van der Waals surface area contributed by atoms with Gasteiger partial charge in [-0.05, 0) is 11.8 Å². The van der Waals surface area contributed by atoms with Crippen molar-refractivity contribution in [1.29, 1.82) is 0 Å². The molecule has 7 heteroatoms. The number of nitrogens with zero attached hydrogens (tertiary/aromatic N) is 2. The van der Waals surface area contributed by atoms with Gasteiger partial charge in [0.2, 0.25) is 5.13 Å². The summed E-state index contributed by atoms with van der Waals surface area (Å²) in [5, 5.41) is 24.3. The van der Waals surface area contributed by atoms with Crippen LogP contribution in [0, 0.1) is 5.41 Å². The Balaban J connectivity index is 2.38. The summed E-state index contributed by atoms with van der Waals surface area (Å²) in [6, 6.07) is -0.373. The molecule has 1 atom stereocenters. The van der Waals surface area contributed by atoms with Gasteiger partial charge in [0.15, 0.2) is 0 Å². The van der Waals surface area contributed by atoms with Crippen LogP contribution in [-0.4, -0.2) is 34.0 Å². The van der Waals surface area contributed by atoms with Gasteiger partial charge in [-0.15, -0.1) is 10.2 Å². The molecule has 1 aromatic heterocycles. The topological polar surface area (TPSA) is 87.1 Å². The Morgan fingerprint density at radius 3 is 2.68 bits per heavy atom. The van der Waals surface area contributed by atoms with E-state index in [0.29, 0.717) is 5.13 Å². The van der Waals surface area contributed by atoms with Gasteiger partial charge < -0.3 is 10.4 Å². The average molecular weight is 286 g/mol. The second-order valence-electron chi connectivity index (χ2n) is 5.47. The number of carbonyl (C=O) groups excluding carboxylic acids is 1. The number of aromatic nitrogens is 2. The number of aliphatic hydroxyl groups excluding tert-OH is 1. The number of aliphatic hydroxyl groups is 1. The van der Waals surface area contributed by atoms with Crippen molar-refractivity contribution in [2.45, 2.75) is 46.6 Å². The summed E-state index contributed by atoms with van der Waals surface area (Å²) in [7, 11) is 0. The van der Waals surface area contributed by atoms with E-state index in [-0.39, 0.29) is 18.0 Å². The summed E-state index contributed by atoms with van der Waals surface area (Å²) in [4.78, 5) is 11.6. The molecular formula is C12H22N4O2S. The van der Waals surface area contributed by atoms with E-state index in [1.807, 2.05) is 20.8 Å². The highest BCUT2D eigenvalue weighted by Gasteiger charge is 2.22. The molecule has 0 bridgehead atoms. The Morgan fingerprint density at radius 1 is 1.42 bits per heavy atom. The number of hydrogen-bond donors (Lipinski definition) is 3. The van der Waals surface area contributed by atoms with Gasteiger partial charge in [-0.3, -0.25) is 5.32 Å². The van der Waals surface area contributed by atoms with E-state index in [0.717, 1.165) is 17.8 Å². The van der Waals surface area contributed by atoms with Crippen LogP contribution in [0.15, 0.2) is 0 Å². The molecule has 0 aromatic carbocycles. The third-order valence-electron chi connectivity index (χ3n) is 2.61. The van der Waals surface area contributed by atoms with Crippen molar-refractivity contribution in [3.63, 3.8) is 0 Å². The minimum Gasteiger partial charge on any atom is -0.391 e. The van der Waals surface area contributed by atoms with Gasteiger partial charge in [0.1, 0.15) is 5.01 Å². The minimum absolute atomic E-state index is 0.204. The lowest BCUT2D eigenvalue weighted by atomic mass is 9.89. The maximum Gasteiger partial charge on any atom is 0.321 e. The first-order valence-corrected chi connectivity index (χ1v) is 7.20. The Morgan fingerprint density at radius 2 is 2.11 bits per heavy atom. The second-order valence-corrected chi connectivity index (χ2v) is 6.53. The highest BCUT2D eigenvalue weighted by molar-refractivity contribution is 7.15. The first-order chi connectivity index (χ1) is 8.82. The maximum absolute atomic E-state index is 11.6. The summed E-state index contributed by atoms with van der Waals surface area (Å²) >= 11 is 1.37. The molecule has 0 radical (unpaired) electrons. The second kappa shape index (κ2) is 6.81. The van der Waals surface area contributed by atoms with Crippen molar-refractivity contribution in [2.75, 3.05) is 11.9 Å². The van der Waals surface area contributed by atoms with Crippen LogP contribution in [0.5, 0.6) is 0 Å². The largest absolute Gasteiger partial charge is 0.391 e. The fraction of sp³-hybridized carbons (Fsp3) is 0.750. The molecule has 0 fully saturated rings. The molecule has 1 unspecified atom stereocenters. The molecule has 0 spiro atoms. The normalized spacial score (nSPS) is 13.1. The first kappa shape index (κ1) is 15.8. The van der Waals surface area contributed by atoms with Crippen LogP contribution in [0.1, 0.15) is 39.1 Å². The zero-order chi connectivity index (χ0) is 14.5. The average Bonchev–Trinajstić information content (AvgIpc) is 2.72. The molecule has 1 aromatic rings. The summed E-state index contributed by atoms with van der Waals surface area (Å²) in [6.45, 7) is 8.02. The maximum atomic E-state index is 11.6. The molecule has 2 amide bonds. The zero-order valence-corrected chi connectivity index (χ0v) is 12.7. The summed E-state index contributed by atoms with van der Waals surface area (Å²) in [6.07, 6.45) is 1.27. The molecule has 0 saturated carbocycles. The molecule has 6 nitrogen and oxygen atoms in total. The van der Waals surface area contributed by atoms with Crippen LogP contribution in [0.2, 0.25) is 0 Å². The molecular weight excluding hydrogens is 264 g/mol. The molecule has 1 heterocycles. The van der Waals surface area contributed by atoms with Crippen LogP contribution in [0.3, 0.4) is 0 Å². The van der Waals surface area contributed by atoms with Gasteiger partial charge in [-0.1, -0.05) is 39.0 Å². The lowest BCUT2D eigenvalue weighted by Crippen LogP contribution is -2.40. The summed E-state index contributed by atoms with van der Waals surface area (Å²) in [5.41, 5.74) is -0.260. The van der Waals surface area contributed by atoms with Gasteiger partial charge in [0.25, 0.3) is 0 Å².